The number of hydrogen-bond acceptors (Lipinski definition) is 3. The average molecular weight is 316 g/mol. The van der Waals surface area contributed by atoms with Crippen LogP contribution in [0, 0.1) is 6.92 Å². The van der Waals surface area contributed by atoms with E-state index < -0.39 is 0 Å². The van der Waals surface area contributed by atoms with E-state index in [4.69, 9.17) is 4.74 Å². The van der Waals surface area contributed by atoms with Crippen molar-refractivity contribution >= 4 is 11.7 Å². The maximum atomic E-state index is 12.2. The van der Waals surface area contributed by atoms with Crippen molar-refractivity contribution in [3.05, 3.63) is 41.7 Å². The molecule has 0 spiro atoms. The molecular weight excluding hydrogens is 292 g/mol. The van der Waals surface area contributed by atoms with Crippen LogP contribution in [-0.2, 0) is 6.42 Å². The molecule has 3 N–H and O–H groups in total. The Hall–Kier alpha value is -2.50. The van der Waals surface area contributed by atoms with Crippen LogP contribution in [0.15, 0.2) is 30.3 Å². The van der Waals surface area contributed by atoms with Crippen LogP contribution in [0.5, 0.6) is 5.75 Å². The second-order valence-corrected chi connectivity index (χ2v) is 5.91. The Balaban J connectivity index is 1.91. The highest BCUT2D eigenvalue weighted by Gasteiger charge is 2.12. The third-order valence-corrected chi connectivity index (χ3v) is 3.15. The number of para-hydroxylation sites is 2. The zero-order chi connectivity index (χ0) is 16.8. The molecule has 6 heteroatoms. The lowest BCUT2D eigenvalue weighted by atomic mass is 10.2. The monoisotopic (exact) mass is 316 g/mol. The lowest BCUT2D eigenvalue weighted by molar-refractivity contribution is 0.241. The molecule has 1 heterocycles. The van der Waals surface area contributed by atoms with E-state index >= 15 is 0 Å². The van der Waals surface area contributed by atoms with Gasteiger partial charge in [-0.05, 0) is 45.9 Å². The largest absolute Gasteiger partial charge is 0.489 e. The maximum absolute atomic E-state index is 12.2. The second kappa shape index (κ2) is 7.67. The van der Waals surface area contributed by atoms with Gasteiger partial charge in [-0.1, -0.05) is 12.1 Å². The Kier molecular flexibility index (Phi) is 5.62. The number of carbonyl (C=O) groups is 1. The van der Waals surface area contributed by atoms with Gasteiger partial charge in [-0.25, -0.2) is 4.79 Å². The van der Waals surface area contributed by atoms with Crippen molar-refractivity contribution in [1.82, 2.24) is 15.5 Å². The number of nitrogens with one attached hydrogen (secondary N) is 3. The van der Waals surface area contributed by atoms with Gasteiger partial charge in [0.2, 0.25) is 0 Å². The number of aromatic amines is 1. The fourth-order valence-electron chi connectivity index (χ4n) is 2.25. The molecule has 0 bridgehead atoms. The predicted molar refractivity (Wildman–Crippen MR) is 90.9 cm³/mol. The Labute approximate surface area is 136 Å². The Morgan fingerprint density at radius 2 is 2.04 bits per heavy atom. The standard InChI is InChI=1S/C17H24N4O2/c1-11(2)23-16-8-6-5-7-15(16)19-17(22)18-12(3)9-14-10-13(4)20-21-14/h5-8,10-12H,9H2,1-4H3,(H,20,21)(H2,18,19,22). The molecule has 0 aliphatic carbocycles. The predicted octanol–water partition coefficient (Wildman–Crippen LogP) is 3.26. The van der Waals surface area contributed by atoms with Crippen molar-refractivity contribution in [3.8, 4) is 5.75 Å². The molecule has 2 amide bonds. The fourth-order valence-corrected chi connectivity index (χ4v) is 2.25. The molecule has 23 heavy (non-hydrogen) atoms. The van der Waals surface area contributed by atoms with Gasteiger partial charge in [-0.15, -0.1) is 0 Å². The molecule has 0 fully saturated rings. The lowest BCUT2D eigenvalue weighted by Gasteiger charge is -2.17. The Bertz CT molecular complexity index is 652. The summed E-state index contributed by atoms with van der Waals surface area (Å²) in [5, 5.41) is 12.8. The minimum absolute atomic E-state index is 0.0316. The van der Waals surface area contributed by atoms with Crippen LogP contribution in [0.1, 0.15) is 32.2 Å². The van der Waals surface area contributed by atoms with Gasteiger partial charge in [-0.3, -0.25) is 5.10 Å². The van der Waals surface area contributed by atoms with Gasteiger partial charge in [0.15, 0.2) is 0 Å². The fraction of sp³-hybridized carbons (Fsp3) is 0.412. The summed E-state index contributed by atoms with van der Waals surface area (Å²) in [4.78, 5) is 12.2. The van der Waals surface area contributed by atoms with Crippen molar-refractivity contribution in [1.29, 1.82) is 0 Å². The third-order valence-electron chi connectivity index (χ3n) is 3.15. The van der Waals surface area contributed by atoms with E-state index in [0.717, 1.165) is 11.4 Å². The number of ether oxygens (including phenoxy) is 1. The number of benzene rings is 1. The van der Waals surface area contributed by atoms with Crippen LogP contribution in [0.25, 0.3) is 0 Å². The summed E-state index contributed by atoms with van der Waals surface area (Å²) in [6, 6.07) is 9.08. The van der Waals surface area contributed by atoms with Crippen molar-refractivity contribution < 1.29 is 9.53 Å². The van der Waals surface area contributed by atoms with E-state index in [2.05, 4.69) is 20.8 Å². The van der Waals surface area contributed by atoms with Crippen molar-refractivity contribution in [2.45, 2.75) is 46.3 Å². The molecule has 2 aromatic rings. The SMILES string of the molecule is Cc1cc(CC(C)NC(=O)Nc2ccccc2OC(C)C)n[nH]1. The number of anilines is 1. The average Bonchev–Trinajstić information content (AvgIpc) is 2.85. The molecule has 1 unspecified atom stereocenters. The van der Waals surface area contributed by atoms with Gasteiger partial charge in [0.1, 0.15) is 5.75 Å². The van der Waals surface area contributed by atoms with Crippen molar-refractivity contribution in [2.24, 2.45) is 0 Å². The number of urea groups is 1. The van der Waals surface area contributed by atoms with Gasteiger partial charge < -0.3 is 15.4 Å². The topological polar surface area (TPSA) is 79.0 Å². The number of aryl methyl sites for hydroxylation is 1. The Morgan fingerprint density at radius 1 is 1.30 bits per heavy atom. The van der Waals surface area contributed by atoms with Gasteiger partial charge in [0.05, 0.1) is 17.5 Å². The summed E-state index contributed by atoms with van der Waals surface area (Å²) in [7, 11) is 0. The van der Waals surface area contributed by atoms with Crippen molar-refractivity contribution in [2.75, 3.05) is 5.32 Å². The van der Waals surface area contributed by atoms with Gasteiger partial charge in [0.25, 0.3) is 0 Å². The van der Waals surface area contributed by atoms with Gasteiger partial charge in [-0.2, -0.15) is 5.10 Å². The third kappa shape index (κ3) is 5.32. The minimum atomic E-state index is -0.260. The second-order valence-electron chi connectivity index (χ2n) is 5.91. The van der Waals surface area contributed by atoms with Crippen LogP contribution in [0.3, 0.4) is 0 Å². The summed E-state index contributed by atoms with van der Waals surface area (Å²) in [5.74, 6) is 0.660. The van der Waals surface area contributed by atoms with Crippen LogP contribution in [-0.4, -0.2) is 28.4 Å². The minimum Gasteiger partial charge on any atom is -0.489 e. The van der Waals surface area contributed by atoms with Gasteiger partial charge in [0, 0.05) is 18.2 Å². The zero-order valence-electron chi connectivity index (χ0n) is 14.0. The number of rotatable bonds is 6. The van der Waals surface area contributed by atoms with Crippen LogP contribution in [0.2, 0.25) is 0 Å². The smallest absolute Gasteiger partial charge is 0.319 e. The van der Waals surface area contributed by atoms with E-state index in [1.165, 1.54) is 0 Å². The maximum Gasteiger partial charge on any atom is 0.319 e. The van der Waals surface area contributed by atoms with E-state index in [-0.39, 0.29) is 18.2 Å². The molecule has 6 nitrogen and oxygen atoms in total. The molecule has 0 saturated heterocycles. The number of hydrogen-bond donors (Lipinski definition) is 3. The summed E-state index contributed by atoms with van der Waals surface area (Å²) in [5.41, 5.74) is 2.59. The normalized spacial score (nSPS) is 12.0. The summed E-state index contributed by atoms with van der Waals surface area (Å²) in [6.07, 6.45) is 0.713. The molecule has 2 rings (SSSR count). The first-order chi connectivity index (χ1) is 10.9. The molecule has 1 aromatic heterocycles. The molecular formula is C17H24N4O2. The lowest BCUT2D eigenvalue weighted by Crippen LogP contribution is -2.37. The molecule has 0 aliphatic heterocycles. The number of carbonyl (C=O) groups excluding carboxylic acids is 1. The summed E-state index contributed by atoms with van der Waals surface area (Å²) < 4.78 is 5.69. The molecule has 1 aromatic carbocycles. The molecule has 0 saturated carbocycles. The number of H-pyrrole nitrogens is 1. The van der Waals surface area contributed by atoms with Crippen molar-refractivity contribution in [3.63, 3.8) is 0 Å². The molecule has 0 aliphatic rings. The first-order valence-corrected chi connectivity index (χ1v) is 7.78. The zero-order valence-corrected chi connectivity index (χ0v) is 14.0. The first kappa shape index (κ1) is 16.9. The van der Waals surface area contributed by atoms with E-state index in [1.54, 1.807) is 0 Å². The van der Waals surface area contributed by atoms with Crippen LogP contribution in [0.4, 0.5) is 10.5 Å². The quantitative estimate of drug-likeness (QED) is 0.765. The number of aromatic nitrogens is 2. The van der Waals surface area contributed by atoms with Gasteiger partial charge >= 0.3 is 6.03 Å². The highest BCUT2D eigenvalue weighted by Crippen LogP contribution is 2.24. The Morgan fingerprint density at radius 3 is 2.70 bits per heavy atom. The molecule has 1 atom stereocenters. The first-order valence-electron chi connectivity index (χ1n) is 7.78. The number of nitrogens with zero attached hydrogens (tertiary/aromatic N) is 1. The highest BCUT2D eigenvalue weighted by molar-refractivity contribution is 5.91. The van der Waals surface area contributed by atoms with Crippen LogP contribution >= 0.6 is 0 Å². The number of amides is 2. The summed E-state index contributed by atoms with van der Waals surface area (Å²) >= 11 is 0. The molecule has 0 radical (unpaired) electrons. The van der Waals surface area contributed by atoms with Crippen LogP contribution < -0.4 is 15.4 Å². The van der Waals surface area contributed by atoms with E-state index in [0.29, 0.717) is 17.9 Å². The van der Waals surface area contributed by atoms with E-state index in [1.807, 2.05) is 58.0 Å². The summed E-state index contributed by atoms with van der Waals surface area (Å²) in [6.45, 7) is 7.79. The van der Waals surface area contributed by atoms with E-state index in [9.17, 15) is 4.79 Å². The molecule has 124 valence electrons. The highest BCUT2D eigenvalue weighted by atomic mass is 16.5.